The summed E-state index contributed by atoms with van der Waals surface area (Å²) in [7, 11) is 1.82. The summed E-state index contributed by atoms with van der Waals surface area (Å²) < 4.78 is 0. The van der Waals surface area contributed by atoms with Gasteiger partial charge in [-0.25, -0.2) is 4.98 Å². The Bertz CT molecular complexity index is 410. The van der Waals surface area contributed by atoms with E-state index in [2.05, 4.69) is 27.2 Å². The van der Waals surface area contributed by atoms with Crippen molar-refractivity contribution in [1.29, 1.82) is 0 Å². The van der Waals surface area contributed by atoms with E-state index in [4.69, 9.17) is 0 Å². The quantitative estimate of drug-likeness (QED) is 0.778. The highest BCUT2D eigenvalue weighted by atomic mass is 15.0. The van der Waals surface area contributed by atoms with Crippen LogP contribution in [0.3, 0.4) is 0 Å². The number of aryl methyl sites for hydroxylation is 1. The van der Waals surface area contributed by atoms with Crippen LogP contribution < -0.4 is 5.32 Å². The summed E-state index contributed by atoms with van der Waals surface area (Å²) in [4.78, 5) is 12.9. The molecule has 2 aromatic rings. The van der Waals surface area contributed by atoms with Gasteiger partial charge in [0.25, 0.3) is 0 Å². The van der Waals surface area contributed by atoms with Crippen LogP contribution in [0.2, 0.25) is 0 Å². The van der Waals surface area contributed by atoms with Crippen LogP contribution in [0, 0.1) is 0 Å². The molecule has 0 aromatic carbocycles. The molecule has 14 heavy (non-hydrogen) atoms. The van der Waals surface area contributed by atoms with E-state index in [-0.39, 0.29) is 0 Å². The van der Waals surface area contributed by atoms with Crippen molar-refractivity contribution in [2.24, 2.45) is 0 Å². The van der Waals surface area contributed by atoms with Gasteiger partial charge in [-0.2, -0.15) is 0 Å². The van der Waals surface area contributed by atoms with Crippen molar-refractivity contribution < 1.29 is 0 Å². The SMILES string of the molecule is CCc1cc2ncc(NC)nc2cn1. The Hall–Kier alpha value is -1.71. The number of anilines is 1. The number of nitrogens with one attached hydrogen (secondary N) is 1. The van der Waals surface area contributed by atoms with Gasteiger partial charge >= 0.3 is 0 Å². The van der Waals surface area contributed by atoms with Crippen molar-refractivity contribution in [3.63, 3.8) is 0 Å². The van der Waals surface area contributed by atoms with Gasteiger partial charge in [0.15, 0.2) is 0 Å². The number of nitrogens with zero attached hydrogens (tertiary/aromatic N) is 3. The lowest BCUT2D eigenvalue weighted by Crippen LogP contribution is -1.95. The predicted octanol–water partition coefficient (Wildman–Crippen LogP) is 1.63. The van der Waals surface area contributed by atoms with Gasteiger partial charge in [0.1, 0.15) is 11.3 Å². The van der Waals surface area contributed by atoms with Crippen LogP contribution in [-0.4, -0.2) is 22.0 Å². The number of fused-ring (bicyclic) bond motifs is 1. The third kappa shape index (κ3) is 1.51. The van der Waals surface area contributed by atoms with Gasteiger partial charge in [-0.05, 0) is 12.5 Å². The lowest BCUT2D eigenvalue weighted by Gasteiger charge is -2.01. The molecule has 0 aliphatic rings. The van der Waals surface area contributed by atoms with E-state index in [0.29, 0.717) is 0 Å². The van der Waals surface area contributed by atoms with E-state index in [0.717, 1.165) is 29.0 Å². The van der Waals surface area contributed by atoms with E-state index in [1.54, 1.807) is 12.4 Å². The Morgan fingerprint density at radius 1 is 1.21 bits per heavy atom. The van der Waals surface area contributed by atoms with Crippen LogP contribution >= 0.6 is 0 Å². The van der Waals surface area contributed by atoms with Gasteiger partial charge in [-0.1, -0.05) is 6.92 Å². The Morgan fingerprint density at radius 3 is 2.79 bits per heavy atom. The Kier molecular flexibility index (Phi) is 2.26. The van der Waals surface area contributed by atoms with Crippen LogP contribution in [0.5, 0.6) is 0 Å². The normalized spacial score (nSPS) is 10.4. The molecule has 0 atom stereocenters. The minimum absolute atomic E-state index is 0.767. The molecule has 0 fully saturated rings. The molecule has 4 heteroatoms. The number of hydrogen-bond acceptors (Lipinski definition) is 4. The summed E-state index contributed by atoms with van der Waals surface area (Å²) in [5, 5.41) is 2.95. The average Bonchev–Trinajstić information content (AvgIpc) is 2.27. The fraction of sp³-hybridized carbons (Fsp3) is 0.300. The van der Waals surface area contributed by atoms with Gasteiger partial charge in [0.05, 0.1) is 17.9 Å². The first-order chi connectivity index (χ1) is 6.83. The summed E-state index contributed by atoms with van der Waals surface area (Å²) >= 11 is 0. The second-order valence-electron chi connectivity index (χ2n) is 3.02. The Morgan fingerprint density at radius 2 is 2.07 bits per heavy atom. The van der Waals surface area contributed by atoms with Crippen molar-refractivity contribution in [3.05, 3.63) is 24.2 Å². The molecule has 0 unspecified atom stereocenters. The molecule has 0 amide bonds. The maximum absolute atomic E-state index is 4.33. The first-order valence-corrected chi connectivity index (χ1v) is 4.63. The van der Waals surface area contributed by atoms with Gasteiger partial charge in [0, 0.05) is 12.7 Å². The van der Waals surface area contributed by atoms with Crippen molar-refractivity contribution in [2.45, 2.75) is 13.3 Å². The largest absolute Gasteiger partial charge is 0.372 e. The van der Waals surface area contributed by atoms with E-state index < -0.39 is 0 Å². The second-order valence-corrected chi connectivity index (χ2v) is 3.02. The number of aromatic nitrogens is 3. The molecule has 0 bridgehead atoms. The minimum atomic E-state index is 0.767. The summed E-state index contributed by atoms with van der Waals surface area (Å²) in [5.41, 5.74) is 2.77. The first kappa shape index (κ1) is 8.87. The molecule has 2 aromatic heterocycles. The van der Waals surface area contributed by atoms with Crippen LogP contribution in [0.4, 0.5) is 5.82 Å². The summed E-state index contributed by atoms with van der Waals surface area (Å²) in [6.07, 6.45) is 4.41. The molecule has 0 spiro atoms. The molecule has 2 heterocycles. The molecule has 72 valence electrons. The zero-order valence-electron chi connectivity index (χ0n) is 8.28. The van der Waals surface area contributed by atoms with Crippen molar-refractivity contribution >= 4 is 16.9 Å². The zero-order valence-corrected chi connectivity index (χ0v) is 8.28. The molecule has 4 nitrogen and oxygen atoms in total. The van der Waals surface area contributed by atoms with Crippen molar-refractivity contribution in [3.8, 4) is 0 Å². The van der Waals surface area contributed by atoms with E-state index in [1.165, 1.54) is 0 Å². The monoisotopic (exact) mass is 188 g/mol. The zero-order chi connectivity index (χ0) is 9.97. The third-order valence-electron chi connectivity index (χ3n) is 2.10. The molecular formula is C10H12N4. The molecular weight excluding hydrogens is 176 g/mol. The van der Waals surface area contributed by atoms with Crippen LogP contribution in [0.1, 0.15) is 12.6 Å². The van der Waals surface area contributed by atoms with Crippen LogP contribution in [0.15, 0.2) is 18.5 Å². The fourth-order valence-corrected chi connectivity index (χ4v) is 1.27. The standard InChI is InChI=1S/C10H12N4/c1-3-7-4-8-9(5-12-7)14-10(11-2)6-13-8/h4-6H,3H2,1-2H3,(H,11,14). The minimum Gasteiger partial charge on any atom is -0.372 e. The van der Waals surface area contributed by atoms with Gasteiger partial charge in [-0.3, -0.25) is 9.97 Å². The lowest BCUT2D eigenvalue weighted by atomic mass is 10.2. The number of rotatable bonds is 2. The predicted molar refractivity (Wildman–Crippen MR) is 56.3 cm³/mol. The van der Waals surface area contributed by atoms with E-state index in [9.17, 15) is 0 Å². The highest BCUT2D eigenvalue weighted by Gasteiger charge is 1.99. The van der Waals surface area contributed by atoms with Gasteiger partial charge in [0.2, 0.25) is 0 Å². The van der Waals surface area contributed by atoms with Crippen molar-refractivity contribution in [2.75, 3.05) is 12.4 Å². The second kappa shape index (κ2) is 3.57. The molecule has 2 rings (SSSR count). The summed E-state index contributed by atoms with van der Waals surface area (Å²) in [6, 6.07) is 1.97. The smallest absolute Gasteiger partial charge is 0.145 e. The van der Waals surface area contributed by atoms with E-state index >= 15 is 0 Å². The molecule has 0 aliphatic heterocycles. The molecule has 1 N–H and O–H groups in total. The topological polar surface area (TPSA) is 50.7 Å². The summed E-state index contributed by atoms with van der Waals surface area (Å²) in [6.45, 7) is 2.07. The van der Waals surface area contributed by atoms with Gasteiger partial charge in [-0.15, -0.1) is 0 Å². The molecule has 0 saturated carbocycles. The maximum atomic E-state index is 4.33. The maximum Gasteiger partial charge on any atom is 0.145 e. The highest BCUT2D eigenvalue weighted by Crippen LogP contribution is 2.11. The number of hydrogen-bond donors (Lipinski definition) is 1. The fourth-order valence-electron chi connectivity index (χ4n) is 1.27. The Labute approximate surface area is 82.4 Å². The highest BCUT2D eigenvalue weighted by molar-refractivity contribution is 5.74. The third-order valence-corrected chi connectivity index (χ3v) is 2.10. The van der Waals surface area contributed by atoms with Crippen molar-refractivity contribution in [1.82, 2.24) is 15.0 Å². The lowest BCUT2D eigenvalue weighted by molar-refractivity contribution is 1.04. The molecule has 0 saturated heterocycles. The average molecular weight is 188 g/mol. The van der Waals surface area contributed by atoms with Crippen LogP contribution in [0.25, 0.3) is 11.0 Å². The molecule has 0 aliphatic carbocycles. The van der Waals surface area contributed by atoms with E-state index in [1.807, 2.05) is 13.1 Å². The Balaban J connectivity index is 2.57. The number of pyridine rings is 1. The molecule has 0 radical (unpaired) electrons. The first-order valence-electron chi connectivity index (χ1n) is 4.63. The summed E-state index contributed by atoms with van der Waals surface area (Å²) in [5.74, 6) is 0.767. The van der Waals surface area contributed by atoms with Crippen LogP contribution in [-0.2, 0) is 6.42 Å². The van der Waals surface area contributed by atoms with Gasteiger partial charge < -0.3 is 5.32 Å².